The molecule has 0 aliphatic heterocycles. The molecule has 15 heavy (non-hydrogen) atoms. The lowest BCUT2D eigenvalue weighted by molar-refractivity contribution is 0.805. The second kappa shape index (κ2) is 3.95. The van der Waals surface area contributed by atoms with Gasteiger partial charge in [0.25, 0.3) is 5.56 Å². The molecule has 1 heterocycles. The number of rotatable bonds is 2. The Morgan fingerprint density at radius 3 is 2.80 bits per heavy atom. The van der Waals surface area contributed by atoms with E-state index in [1.54, 1.807) is 16.8 Å². The zero-order valence-corrected chi connectivity index (χ0v) is 9.08. The fourth-order valence-corrected chi connectivity index (χ4v) is 1.76. The van der Waals surface area contributed by atoms with Crippen LogP contribution in [0, 0.1) is 0 Å². The van der Waals surface area contributed by atoms with Crippen molar-refractivity contribution < 1.29 is 0 Å². The van der Waals surface area contributed by atoms with Gasteiger partial charge in [0.2, 0.25) is 0 Å². The van der Waals surface area contributed by atoms with E-state index >= 15 is 0 Å². The van der Waals surface area contributed by atoms with E-state index in [9.17, 15) is 4.79 Å². The minimum absolute atomic E-state index is 0.105. The molecule has 1 N–H and O–H groups in total. The van der Waals surface area contributed by atoms with E-state index in [2.05, 4.69) is 5.10 Å². The Bertz CT molecular complexity index is 527. The van der Waals surface area contributed by atoms with Crippen molar-refractivity contribution in [3.8, 4) is 5.69 Å². The third-order valence-corrected chi connectivity index (χ3v) is 2.58. The van der Waals surface area contributed by atoms with Gasteiger partial charge in [0.15, 0.2) is 0 Å². The van der Waals surface area contributed by atoms with E-state index in [1.165, 1.54) is 0 Å². The molecule has 0 bridgehead atoms. The maximum absolute atomic E-state index is 11.2. The van der Waals surface area contributed by atoms with E-state index in [1.807, 2.05) is 25.1 Å². The Balaban J connectivity index is 2.63. The number of halogens is 1. The van der Waals surface area contributed by atoms with E-state index in [0.29, 0.717) is 5.02 Å². The fourth-order valence-electron chi connectivity index (χ4n) is 1.54. The van der Waals surface area contributed by atoms with Gasteiger partial charge in [0.1, 0.15) is 0 Å². The van der Waals surface area contributed by atoms with Gasteiger partial charge < -0.3 is 0 Å². The first-order chi connectivity index (χ1) is 7.22. The summed E-state index contributed by atoms with van der Waals surface area (Å²) in [6, 6.07) is 9.01. The molecule has 0 aliphatic carbocycles. The van der Waals surface area contributed by atoms with Gasteiger partial charge in [-0.15, -0.1) is 0 Å². The van der Waals surface area contributed by atoms with E-state index < -0.39 is 0 Å². The molecular weight excluding hydrogens is 212 g/mol. The summed E-state index contributed by atoms with van der Waals surface area (Å²) in [7, 11) is 0. The number of benzene rings is 1. The molecule has 1 aromatic carbocycles. The predicted molar refractivity (Wildman–Crippen MR) is 60.8 cm³/mol. The highest BCUT2D eigenvalue weighted by atomic mass is 35.5. The Hall–Kier alpha value is -1.48. The van der Waals surface area contributed by atoms with Crippen molar-refractivity contribution in [2.75, 3.05) is 0 Å². The topological polar surface area (TPSA) is 37.8 Å². The van der Waals surface area contributed by atoms with Crippen LogP contribution in [0.4, 0.5) is 0 Å². The number of para-hydroxylation sites is 1. The summed E-state index contributed by atoms with van der Waals surface area (Å²) >= 11 is 6.05. The van der Waals surface area contributed by atoms with Gasteiger partial charge in [-0.2, -0.15) is 0 Å². The number of aromatic amines is 1. The molecule has 78 valence electrons. The molecule has 0 atom stereocenters. The molecule has 0 spiro atoms. The minimum Gasteiger partial charge on any atom is -0.268 e. The van der Waals surface area contributed by atoms with Crippen molar-refractivity contribution >= 4 is 11.6 Å². The third-order valence-electron chi connectivity index (χ3n) is 2.26. The molecule has 0 aliphatic rings. The molecule has 4 heteroatoms. The van der Waals surface area contributed by atoms with Crippen molar-refractivity contribution in [3.05, 3.63) is 51.4 Å². The van der Waals surface area contributed by atoms with Gasteiger partial charge in [0.05, 0.1) is 10.7 Å². The van der Waals surface area contributed by atoms with Crippen molar-refractivity contribution in [2.45, 2.75) is 13.3 Å². The van der Waals surface area contributed by atoms with Crippen LogP contribution >= 0.6 is 11.6 Å². The fraction of sp³-hybridized carbons (Fsp3) is 0.182. The van der Waals surface area contributed by atoms with Crippen LogP contribution in [0.15, 0.2) is 35.1 Å². The van der Waals surface area contributed by atoms with Gasteiger partial charge in [-0.25, -0.2) is 0 Å². The standard InChI is InChI=1S/C11H11ClN2O/c1-2-8-7-11(15)13-14(8)10-6-4-3-5-9(10)12/h3-7H,2H2,1H3,(H,13,15). The number of hydrogen-bond donors (Lipinski definition) is 1. The molecule has 0 radical (unpaired) electrons. The first-order valence-electron chi connectivity index (χ1n) is 4.78. The first-order valence-corrected chi connectivity index (χ1v) is 5.16. The molecule has 0 saturated heterocycles. The molecule has 0 amide bonds. The highest BCUT2D eigenvalue weighted by molar-refractivity contribution is 6.32. The number of H-pyrrole nitrogens is 1. The number of aryl methyl sites for hydroxylation is 1. The lowest BCUT2D eigenvalue weighted by Gasteiger charge is -2.08. The Labute approximate surface area is 92.3 Å². The van der Waals surface area contributed by atoms with Gasteiger partial charge in [0, 0.05) is 11.8 Å². The summed E-state index contributed by atoms with van der Waals surface area (Å²) in [6.07, 6.45) is 0.782. The van der Waals surface area contributed by atoms with Crippen molar-refractivity contribution in [3.63, 3.8) is 0 Å². The molecule has 2 aromatic rings. The Morgan fingerprint density at radius 1 is 1.40 bits per heavy atom. The molecule has 0 unspecified atom stereocenters. The van der Waals surface area contributed by atoms with Crippen molar-refractivity contribution in [2.24, 2.45) is 0 Å². The van der Waals surface area contributed by atoms with Crippen LogP contribution in [0.5, 0.6) is 0 Å². The van der Waals surface area contributed by atoms with Crippen molar-refractivity contribution in [1.29, 1.82) is 0 Å². The number of aromatic nitrogens is 2. The van der Waals surface area contributed by atoms with Crippen LogP contribution in [0.25, 0.3) is 5.69 Å². The lowest BCUT2D eigenvalue weighted by atomic mass is 10.3. The van der Waals surface area contributed by atoms with E-state index in [0.717, 1.165) is 17.8 Å². The summed E-state index contributed by atoms with van der Waals surface area (Å²) in [5.74, 6) is 0. The Kier molecular flexibility index (Phi) is 2.64. The lowest BCUT2D eigenvalue weighted by Crippen LogP contribution is -2.05. The second-order valence-electron chi connectivity index (χ2n) is 3.25. The van der Waals surface area contributed by atoms with E-state index in [-0.39, 0.29) is 5.56 Å². The van der Waals surface area contributed by atoms with E-state index in [4.69, 9.17) is 11.6 Å². The monoisotopic (exact) mass is 222 g/mol. The molecule has 1 aromatic heterocycles. The van der Waals surface area contributed by atoms with Crippen LogP contribution in [-0.4, -0.2) is 9.78 Å². The first kappa shape index (κ1) is 10.1. The number of nitrogens with one attached hydrogen (secondary N) is 1. The normalized spacial score (nSPS) is 10.5. The maximum Gasteiger partial charge on any atom is 0.264 e. The summed E-state index contributed by atoms with van der Waals surface area (Å²) in [5.41, 5.74) is 1.62. The third kappa shape index (κ3) is 1.83. The SMILES string of the molecule is CCc1cc(=O)[nH]n1-c1ccccc1Cl. The van der Waals surface area contributed by atoms with Crippen LogP contribution in [0.3, 0.4) is 0 Å². The molecule has 2 rings (SSSR count). The van der Waals surface area contributed by atoms with Crippen molar-refractivity contribution in [1.82, 2.24) is 9.78 Å². The maximum atomic E-state index is 11.2. The van der Waals surface area contributed by atoms with Gasteiger partial charge >= 0.3 is 0 Å². The smallest absolute Gasteiger partial charge is 0.264 e. The molecule has 0 saturated carbocycles. The van der Waals surface area contributed by atoms with Gasteiger partial charge in [-0.3, -0.25) is 14.6 Å². The summed E-state index contributed by atoms with van der Waals surface area (Å²) in [4.78, 5) is 11.2. The highest BCUT2D eigenvalue weighted by Gasteiger charge is 2.07. The van der Waals surface area contributed by atoms with Crippen LogP contribution < -0.4 is 5.56 Å². The quantitative estimate of drug-likeness (QED) is 0.833. The zero-order chi connectivity index (χ0) is 10.8. The average Bonchev–Trinajstić information content (AvgIpc) is 2.60. The summed E-state index contributed by atoms with van der Waals surface area (Å²) in [5, 5.41) is 3.35. The predicted octanol–water partition coefficient (Wildman–Crippen LogP) is 2.38. The number of nitrogens with zero attached hydrogens (tertiary/aromatic N) is 1. The number of hydrogen-bond acceptors (Lipinski definition) is 1. The molecule has 0 fully saturated rings. The van der Waals surface area contributed by atoms with Gasteiger partial charge in [-0.05, 0) is 18.6 Å². The largest absolute Gasteiger partial charge is 0.268 e. The van der Waals surface area contributed by atoms with Crippen LogP contribution in [0.1, 0.15) is 12.6 Å². The molecular formula is C11H11ClN2O. The van der Waals surface area contributed by atoms with Gasteiger partial charge in [-0.1, -0.05) is 30.7 Å². The second-order valence-corrected chi connectivity index (χ2v) is 3.66. The van der Waals surface area contributed by atoms with Crippen LogP contribution in [-0.2, 0) is 6.42 Å². The molecule has 3 nitrogen and oxygen atoms in total. The highest BCUT2D eigenvalue weighted by Crippen LogP contribution is 2.19. The zero-order valence-electron chi connectivity index (χ0n) is 8.33. The average molecular weight is 223 g/mol. The summed E-state index contributed by atoms with van der Waals surface area (Å²) in [6.45, 7) is 2.00. The summed E-state index contributed by atoms with van der Waals surface area (Å²) < 4.78 is 1.73. The van der Waals surface area contributed by atoms with Crippen LogP contribution in [0.2, 0.25) is 5.02 Å². The minimum atomic E-state index is -0.105. The Morgan fingerprint density at radius 2 is 2.13 bits per heavy atom.